The molecular weight excluding hydrogens is 212 g/mol. The van der Waals surface area contributed by atoms with Gasteiger partial charge in [0.1, 0.15) is 5.76 Å². The zero-order valence-electron chi connectivity index (χ0n) is 11.2. The molecule has 1 aromatic rings. The second-order valence-electron chi connectivity index (χ2n) is 5.23. The normalized spacial score (nSPS) is 26.3. The Kier molecular flexibility index (Phi) is 4.24. The highest BCUT2D eigenvalue weighted by Gasteiger charge is 2.25. The lowest BCUT2D eigenvalue weighted by Crippen LogP contribution is -2.41. The van der Waals surface area contributed by atoms with Crippen molar-refractivity contribution in [1.29, 1.82) is 0 Å². The molecule has 3 heteroatoms. The Morgan fingerprint density at radius 2 is 2.29 bits per heavy atom. The first-order valence-corrected chi connectivity index (χ1v) is 6.66. The van der Waals surface area contributed by atoms with Crippen LogP contribution >= 0.6 is 0 Å². The summed E-state index contributed by atoms with van der Waals surface area (Å²) in [7, 11) is 1.97. The smallest absolute Gasteiger partial charge is 0.122 e. The first kappa shape index (κ1) is 12.7. The van der Waals surface area contributed by atoms with E-state index in [0.717, 1.165) is 24.8 Å². The van der Waals surface area contributed by atoms with E-state index in [4.69, 9.17) is 4.42 Å². The van der Waals surface area contributed by atoms with E-state index in [1.54, 1.807) is 6.26 Å². The fourth-order valence-electron chi connectivity index (χ4n) is 2.68. The molecule has 0 radical (unpaired) electrons. The zero-order valence-corrected chi connectivity index (χ0v) is 11.2. The quantitative estimate of drug-likeness (QED) is 0.871. The van der Waals surface area contributed by atoms with Crippen molar-refractivity contribution in [3.8, 4) is 0 Å². The molecule has 2 unspecified atom stereocenters. The van der Waals surface area contributed by atoms with Crippen molar-refractivity contribution in [3.05, 3.63) is 23.7 Å². The molecule has 17 heavy (non-hydrogen) atoms. The maximum atomic E-state index is 5.62. The monoisotopic (exact) mass is 236 g/mol. The predicted molar refractivity (Wildman–Crippen MR) is 69.7 cm³/mol. The minimum atomic E-state index is 0.663. The van der Waals surface area contributed by atoms with Crippen molar-refractivity contribution in [1.82, 2.24) is 10.2 Å². The molecule has 3 nitrogen and oxygen atoms in total. The molecule has 1 aliphatic rings. The Labute approximate surface area is 104 Å². The van der Waals surface area contributed by atoms with Crippen molar-refractivity contribution in [2.24, 2.45) is 5.92 Å². The third kappa shape index (κ3) is 2.90. The lowest BCUT2D eigenvalue weighted by atomic mass is 9.92. The molecule has 1 aromatic heterocycles. The molecule has 0 amide bonds. The van der Waals surface area contributed by atoms with Gasteiger partial charge in [0, 0.05) is 18.2 Å². The standard InChI is InChI=1S/C14H24N2O/c1-11-5-4-7-16(12(11)2)10-14-13(9-15-3)6-8-17-14/h6,8,11-12,15H,4-5,7,9-10H2,1-3H3. The topological polar surface area (TPSA) is 28.4 Å². The van der Waals surface area contributed by atoms with Crippen molar-refractivity contribution in [2.75, 3.05) is 13.6 Å². The van der Waals surface area contributed by atoms with Gasteiger partial charge >= 0.3 is 0 Å². The summed E-state index contributed by atoms with van der Waals surface area (Å²) in [6.45, 7) is 7.74. The molecule has 0 spiro atoms. The van der Waals surface area contributed by atoms with Gasteiger partial charge in [-0.1, -0.05) is 6.92 Å². The first-order valence-electron chi connectivity index (χ1n) is 6.66. The van der Waals surface area contributed by atoms with Crippen LogP contribution in [0.4, 0.5) is 0 Å². The Balaban J connectivity index is 2.01. The number of nitrogens with zero attached hydrogens (tertiary/aromatic N) is 1. The Bertz CT molecular complexity index is 348. The summed E-state index contributed by atoms with van der Waals surface area (Å²) in [6.07, 6.45) is 4.48. The van der Waals surface area contributed by atoms with Crippen LogP contribution < -0.4 is 5.32 Å². The number of piperidine rings is 1. The third-order valence-corrected chi connectivity index (χ3v) is 4.06. The summed E-state index contributed by atoms with van der Waals surface area (Å²) in [5.74, 6) is 1.92. The highest BCUT2D eigenvalue weighted by Crippen LogP contribution is 2.25. The number of rotatable bonds is 4. The number of hydrogen-bond acceptors (Lipinski definition) is 3. The van der Waals surface area contributed by atoms with Crippen molar-refractivity contribution < 1.29 is 4.42 Å². The molecule has 0 saturated carbocycles. The van der Waals surface area contributed by atoms with Gasteiger partial charge in [-0.3, -0.25) is 4.90 Å². The van der Waals surface area contributed by atoms with E-state index < -0.39 is 0 Å². The average Bonchev–Trinajstić information content (AvgIpc) is 2.73. The van der Waals surface area contributed by atoms with Gasteiger partial charge in [0.25, 0.3) is 0 Å². The van der Waals surface area contributed by atoms with E-state index in [2.05, 4.69) is 30.1 Å². The van der Waals surface area contributed by atoms with Gasteiger partial charge in [-0.15, -0.1) is 0 Å². The Morgan fingerprint density at radius 3 is 3.06 bits per heavy atom. The van der Waals surface area contributed by atoms with Crippen LogP contribution in [0.1, 0.15) is 38.0 Å². The molecule has 0 aliphatic carbocycles. The van der Waals surface area contributed by atoms with Gasteiger partial charge < -0.3 is 9.73 Å². The van der Waals surface area contributed by atoms with Gasteiger partial charge in [0.05, 0.1) is 12.8 Å². The van der Waals surface area contributed by atoms with Crippen molar-refractivity contribution in [2.45, 2.75) is 45.8 Å². The fraction of sp³-hybridized carbons (Fsp3) is 0.714. The van der Waals surface area contributed by atoms with E-state index in [-0.39, 0.29) is 0 Å². The number of hydrogen-bond donors (Lipinski definition) is 1. The molecule has 2 atom stereocenters. The van der Waals surface area contributed by atoms with Crippen LogP contribution in [0.3, 0.4) is 0 Å². The van der Waals surface area contributed by atoms with Crippen LogP contribution in [0.5, 0.6) is 0 Å². The fourth-order valence-corrected chi connectivity index (χ4v) is 2.68. The number of likely N-dealkylation sites (tertiary alicyclic amines) is 1. The van der Waals surface area contributed by atoms with Crippen molar-refractivity contribution >= 4 is 0 Å². The molecular formula is C14H24N2O. The van der Waals surface area contributed by atoms with E-state index in [9.17, 15) is 0 Å². The van der Waals surface area contributed by atoms with Crippen LogP contribution in [-0.2, 0) is 13.1 Å². The minimum Gasteiger partial charge on any atom is -0.468 e. The first-order chi connectivity index (χ1) is 8.22. The maximum Gasteiger partial charge on any atom is 0.122 e. The SMILES string of the molecule is CNCc1ccoc1CN1CCCC(C)C1C. The molecule has 0 aromatic carbocycles. The Hall–Kier alpha value is -0.800. The molecule has 2 rings (SSSR count). The summed E-state index contributed by atoms with van der Waals surface area (Å²) in [6, 6.07) is 2.74. The van der Waals surface area contributed by atoms with Gasteiger partial charge in [-0.05, 0) is 45.3 Å². The van der Waals surface area contributed by atoms with E-state index in [1.165, 1.54) is 24.9 Å². The summed E-state index contributed by atoms with van der Waals surface area (Å²) in [5.41, 5.74) is 1.29. The van der Waals surface area contributed by atoms with E-state index >= 15 is 0 Å². The van der Waals surface area contributed by atoms with Gasteiger partial charge in [-0.25, -0.2) is 0 Å². The molecule has 1 N–H and O–H groups in total. The highest BCUT2D eigenvalue weighted by atomic mass is 16.3. The lowest BCUT2D eigenvalue weighted by molar-refractivity contribution is 0.0982. The Morgan fingerprint density at radius 1 is 1.47 bits per heavy atom. The van der Waals surface area contributed by atoms with E-state index in [0.29, 0.717) is 6.04 Å². The summed E-state index contributed by atoms with van der Waals surface area (Å²) < 4.78 is 5.62. The molecule has 96 valence electrons. The molecule has 0 bridgehead atoms. The average molecular weight is 236 g/mol. The summed E-state index contributed by atoms with van der Waals surface area (Å²) >= 11 is 0. The highest BCUT2D eigenvalue weighted by molar-refractivity contribution is 5.17. The maximum absolute atomic E-state index is 5.62. The lowest BCUT2D eigenvalue weighted by Gasteiger charge is -2.37. The zero-order chi connectivity index (χ0) is 12.3. The number of furan rings is 1. The third-order valence-electron chi connectivity index (χ3n) is 4.06. The molecule has 1 saturated heterocycles. The van der Waals surface area contributed by atoms with Gasteiger partial charge in [-0.2, -0.15) is 0 Å². The largest absolute Gasteiger partial charge is 0.468 e. The minimum absolute atomic E-state index is 0.663. The van der Waals surface area contributed by atoms with Crippen LogP contribution in [0.2, 0.25) is 0 Å². The molecule has 2 heterocycles. The van der Waals surface area contributed by atoms with Crippen LogP contribution in [0, 0.1) is 5.92 Å². The van der Waals surface area contributed by atoms with Crippen LogP contribution in [-0.4, -0.2) is 24.5 Å². The van der Waals surface area contributed by atoms with E-state index in [1.807, 2.05) is 7.05 Å². The van der Waals surface area contributed by atoms with Crippen LogP contribution in [0.25, 0.3) is 0 Å². The summed E-state index contributed by atoms with van der Waals surface area (Å²) in [5, 5.41) is 3.19. The predicted octanol–water partition coefficient (Wildman–Crippen LogP) is 2.62. The molecule has 1 fully saturated rings. The molecule has 1 aliphatic heterocycles. The summed E-state index contributed by atoms with van der Waals surface area (Å²) in [4.78, 5) is 2.55. The van der Waals surface area contributed by atoms with Crippen molar-refractivity contribution in [3.63, 3.8) is 0 Å². The second-order valence-corrected chi connectivity index (χ2v) is 5.23. The second kappa shape index (κ2) is 5.69. The number of nitrogens with one attached hydrogen (secondary N) is 1. The van der Waals surface area contributed by atoms with Crippen LogP contribution in [0.15, 0.2) is 16.7 Å². The van der Waals surface area contributed by atoms with Gasteiger partial charge in [0.2, 0.25) is 0 Å². The van der Waals surface area contributed by atoms with Gasteiger partial charge in [0.15, 0.2) is 0 Å².